The molecule has 1 aromatic carbocycles. The van der Waals surface area contributed by atoms with Crippen LogP contribution in [0.2, 0.25) is 0 Å². The van der Waals surface area contributed by atoms with E-state index in [1.807, 2.05) is 42.1 Å². The number of benzene rings is 1. The molecule has 0 aliphatic carbocycles. The molecule has 1 aromatic heterocycles. The van der Waals surface area contributed by atoms with Crippen molar-refractivity contribution in [2.45, 2.75) is 19.6 Å². The van der Waals surface area contributed by atoms with E-state index in [4.69, 9.17) is 4.74 Å². The average Bonchev–Trinajstić information content (AvgIpc) is 3.03. The van der Waals surface area contributed by atoms with Gasteiger partial charge in [-0.05, 0) is 36.9 Å². The number of amides is 1. The molecule has 0 fully saturated rings. The molecule has 2 aromatic rings. The van der Waals surface area contributed by atoms with E-state index in [-0.39, 0.29) is 0 Å². The molecular weight excluding hydrogens is 408 g/mol. The highest BCUT2D eigenvalue weighted by molar-refractivity contribution is 9.10. The highest BCUT2D eigenvalue weighted by Crippen LogP contribution is 2.25. The first-order valence-electron chi connectivity index (χ1n) is 7.57. The second-order valence-corrected chi connectivity index (χ2v) is 8.06. The first kappa shape index (κ1) is 19.0. The first-order chi connectivity index (χ1) is 11.6. The van der Waals surface area contributed by atoms with Crippen molar-refractivity contribution in [2.24, 2.45) is 5.10 Å². The molecule has 0 unspecified atom stereocenters. The van der Waals surface area contributed by atoms with Crippen molar-refractivity contribution in [1.29, 1.82) is 0 Å². The van der Waals surface area contributed by atoms with Gasteiger partial charge in [0.2, 0.25) is 0 Å². The van der Waals surface area contributed by atoms with Crippen molar-refractivity contribution in [3.05, 3.63) is 56.2 Å². The molecule has 2 rings (SSSR count). The van der Waals surface area contributed by atoms with Crippen molar-refractivity contribution < 1.29 is 9.53 Å². The number of rotatable bonds is 7. The monoisotopic (exact) mass is 426 g/mol. The number of hydrazone groups is 1. The van der Waals surface area contributed by atoms with Crippen molar-refractivity contribution in [2.75, 3.05) is 12.4 Å². The van der Waals surface area contributed by atoms with Crippen LogP contribution in [0.1, 0.15) is 29.2 Å². The number of halogens is 1. The Morgan fingerprint density at radius 2 is 2.00 bits per heavy atom. The van der Waals surface area contributed by atoms with Crippen LogP contribution in [0.3, 0.4) is 0 Å². The van der Waals surface area contributed by atoms with Crippen LogP contribution in [-0.2, 0) is 10.5 Å². The van der Waals surface area contributed by atoms with E-state index in [0.29, 0.717) is 6.61 Å². The fourth-order valence-electron chi connectivity index (χ4n) is 1.92. The van der Waals surface area contributed by atoms with E-state index in [9.17, 15) is 4.79 Å². The molecule has 1 amide bonds. The summed E-state index contributed by atoms with van der Waals surface area (Å²) < 4.78 is 5.87. The Morgan fingerprint density at radius 3 is 2.67 bits per heavy atom. The van der Waals surface area contributed by atoms with Crippen LogP contribution in [0, 0.1) is 0 Å². The number of nitrogens with zero attached hydrogens (tertiary/aromatic N) is 1. The van der Waals surface area contributed by atoms with Gasteiger partial charge in [0, 0.05) is 20.7 Å². The Balaban J connectivity index is 2.28. The molecule has 0 saturated heterocycles. The number of hydrogen-bond donors (Lipinski definition) is 1. The van der Waals surface area contributed by atoms with Crippen LogP contribution in [-0.4, -0.2) is 24.2 Å². The van der Waals surface area contributed by atoms with Gasteiger partial charge in [-0.25, -0.2) is 10.2 Å². The van der Waals surface area contributed by atoms with E-state index in [1.165, 1.54) is 4.88 Å². The summed E-state index contributed by atoms with van der Waals surface area (Å²) in [5, 5.41) is 4.29. The molecule has 0 spiro atoms. The Kier molecular flexibility index (Phi) is 7.81. The second-order valence-electron chi connectivity index (χ2n) is 4.70. The van der Waals surface area contributed by atoms with Gasteiger partial charge in [-0.3, -0.25) is 0 Å². The van der Waals surface area contributed by atoms with Crippen LogP contribution in [0.4, 0.5) is 4.79 Å². The number of hydrogen-bond acceptors (Lipinski definition) is 5. The summed E-state index contributed by atoms with van der Waals surface area (Å²) in [5.41, 5.74) is 4.13. The molecule has 0 aliphatic heterocycles. The fourth-order valence-corrected chi connectivity index (χ4v) is 3.99. The van der Waals surface area contributed by atoms with Crippen LogP contribution in [0.25, 0.3) is 0 Å². The molecule has 128 valence electrons. The van der Waals surface area contributed by atoms with Gasteiger partial charge in [0.25, 0.3) is 0 Å². The molecule has 1 N–H and O–H groups in total. The summed E-state index contributed by atoms with van der Waals surface area (Å²) in [6, 6.07) is 12.0. The van der Waals surface area contributed by atoms with Crippen molar-refractivity contribution in [1.82, 2.24) is 5.43 Å². The zero-order chi connectivity index (χ0) is 17.4. The standard InChI is InChI=1S/C17H19BrN2O2S2/c1-3-22-17(21)20-19-16(12-5-7-13(18)8-6-12)15-10-9-14(24-15)11-23-4-2/h5-10H,3-4,11H2,1-2H3,(H,20,21). The lowest BCUT2D eigenvalue weighted by molar-refractivity contribution is 0.152. The largest absolute Gasteiger partial charge is 0.449 e. The smallest absolute Gasteiger partial charge is 0.427 e. The van der Waals surface area contributed by atoms with Gasteiger partial charge < -0.3 is 4.74 Å². The molecule has 0 radical (unpaired) electrons. The highest BCUT2D eigenvalue weighted by atomic mass is 79.9. The van der Waals surface area contributed by atoms with Gasteiger partial charge in [0.15, 0.2) is 0 Å². The molecular formula is C17H19BrN2O2S2. The number of nitrogens with one attached hydrogen (secondary N) is 1. The van der Waals surface area contributed by atoms with E-state index in [2.05, 4.69) is 39.4 Å². The normalized spacial score (nSPS) is 11.4. The summed E-state index contributed by atoms with van der Waals surface area (Å²) in [7, 11) is 0. The third-order valence-electron chi connectivity index (χ3n) is 3.00. The molecule has 4 nitrogen and oxygen atoms in total. The minimum atomic E-state index is -0.551. The van der Waals surface area contributed by atoms with Crippen LogP contribution < -0.4 is 5.43 Å². The molecule has 0 aliphatic rings. The minimum Gasteiger partial charge on any atom is -0.449 e. The third-order valence-corrected chi connectivity index (χ3v) is 5.72. The average molecular weight is 427 g/mol. The lowest BCUT2D eigenvalue weighted by Crippen LogP contribution is -2.21. The fraction of sp³-hybridized carbons (Fsp3) is 0.294. The number of thiophene rings is 1. The van der Waals surface area contributed by atoms with Gasteiger partial charge in [-0.1, -0.05) is 35.0 Å². The van der Waals surface area contributed by atoms with E-state index >= 15 is 0 Å². The topological polar surface area (TPSA) is 50.7 Å². The van der Waals surface area contributed by atoms with Gasteiger partial charge in [0.05, 0.1) is 11.5 Å². The summed E-state index contributed by atoms with van der Waals surface area (Å²) >= 11 is 7.01. The Labute approximate surface area is 158 Å². The number of thioether (sulfide) groups is 1. The van der Waals surface area contributed by atoms with Crippen molar-refractivity contribution in [3.63, 3.8) is 0 Å². The molecule has 7 heteroatoms. The van der Waals surface area contributed by atoms with Crippen molar-refractivity contribution >= 4 is 50.8 Å². The lowest BCUT2D eigenvalue weighted by atomic mass is 10.1. The predicted molar refractivity (Wildman–Crippen MR) is 106 cm³/mol. The summed E-state index contributed by atoms with van der Waals surface area (Å²) in [6.45, 7) is 4.22. The Hall–Kier alpha value is -1.31. The highest BCUT2D eigenvalue weighted by Gasteiger charge is 2.12. The van der Waals surface area contributed by atoms with Crippen LogP contribution in [0.5, 0.6) is 0 Å². The second kappa shape index (κ2) is 9.86. The number of carbonyl (C=O) groups is 1. The van der Waals surface area contributed by atoms with Gasteiger partial charge in [0.1, 0.15) is 5.71 Å². The quantitative estimate of drug-likeness (QED) is 0.484. The minimum absolute atomic E-state index is 0.312. The van der Waals surface area contributed by atoms with Gasteiger partial charge in [-0.2, -0.15) is 16.9 Å². The SMILES string of the molecule is CCOC(=O)NN=C(c1ccc(Br)cc1)c1ccc(CSCC)s1. The van der Waals surface area contributed by atoms with E-state index in [0.717, 1.165) is 32.1 Å². The summed E-state index contributed by atoms with van der Waals surface area (Å²) in [4.78, 5) is 13.9. The number of carbonyl (C=O) groups excluding carboxylic acids is 1. The molecule has 0 saturated carbocycles. The van der Waals surface area contributed by atoms with Crippen LogP contribution in [0.15, 0.2) is 46.0 Å². The van der Waals surface area contributed by atoms with Gasteiger partial charge in [-0.15, -0.1) is 11.3 Å². The van der Waals surface area contributed by atoms with E-state index in [1.54, 1.807) is 18.3 Å². The maximum Gasteiger partial charge on any atom is 0.427 e. The zero-order valence-corrected chi connectivity index (χ0v) is 16.8. The maximum absolute atomic E-state index is 11.6. The zero-order valence-electron chi connectivity index (χ0n) is 13.5. The van der Waals surface area contributed by atoms with Crippen molar-refractivity contribution in [3.8, 4) is 0 Å². The van der Waals surface area contributed by atoms with E-state index < -0.39 is 6.09 Å². The number of ether oxygens (including phenoxy) is 1. The maximum atomic E-state index is 11.6. The molecule has 0 bridgehead atoms. The molecule has 1 heterocycles. The summed E-state index contributed by atoms with van der Waals surface area (Å²) in [6.07, 6.45) is -0.551. The summed E-state index contributed by atoms with van der Waals surface area (Å²) in [5.74, 6) is 2.07. The predicted octanol–water partition coefficient (Wildman–Crippen LogP) is 5.26. The third kappa shape index (κ3) is 5.65. The Morgan fingerprint density at radius 1 is 1.25 bits per heavy atom. The molecule has 24 heavy (non-hydrogen) atoms. The lowest BCUT2D eigenvalue weighted by Gasteiger charge is -2.06. The Bertz CT molecular complexity index is 699. The first-order valence-corrected chi connectivity index (χ1v) is 10.3. The van der Waals surface area contributed by atoms with Crippen LogP contribution >= 0.6 is 39.0 Å². The van der Waals surface area contributed by atoms with Gasteiger partial charge >= 0.3 is 6.09 Å². The molecule has 0 atom stereocenters.